The van der Waals surface area contributed by atoms with E-state index in [1.54, 1.807) is 4.80 Å². The van der Waals surface area contributed by atoms with E-state index in [1.165, 1.54) is 0 Å². The zero-order valence-corrected chi connectivity index (χ0v) is 17.3. The maximum Gasteiger partial charge on any atom is 0.276 e. The highest BCUT2D eigenvalue weighted by molar-refractivity contribution is 5.93. The fraction of sp³-hybridized carbons (Fsp3) is 0.524. The normalized spacial score (nSPS) is 15.8. The van der Waals surface area contributed by atoms with Crippen molar-refractivity contribution in [1.29, 1.82) is 0 Å². The second-order valence-corrected chi connectivity index (χ2v) is 7.41. The molecule has 1 aromatic carbocycles. The molecule has 2 heterocycles. The second kappa shape index (κ2) is 9.54. The summed E-state index contributed by atoms with van der Waals surface area (Å²) in [6.07, 6.45) is 1.68. The third-order valence-electron chi connectivity index (χ3n) is 5.34. The molecule has 0 unspecified atom stereocenters. The van der Waals surface area contributed by atoms with Crippen molar-refractivity contribution in [2.75, 3.05) is 19.7 Å². The van der Waals surface area contributed by atoms with E-state index in [1.807, 2.05) is 56.0 Å². The molecule has 8 heteroatoms. The van der Waals surface area contributed by atoms with Crippen molar-refractivity contribution >= 4 is 11.8 Å². The summed E-state index contributed by atoms with van der Waals surface area (Å²) in [6.45, 7) is 7.72. The van der Waals surface area contributed by atoms with Gasteiger partial charge >= 0.3 is 0 Å². The van der Waals surface area contributed by atoms with E-state index in [0.717, 1.165) is 12.8 Å². The summed E-state index contributed by atoms with van der Waals surface area (Å²) in [6, 6.07) is 9.32. The van der Waals surface area contributed by atoms with Crippen LogP contribution >= 0.6 is 0 Å². The average Bonchev–Trinajstić information content (AvgIpc) is 3.13. The van der Waals surface area contributed by atoms with E-state index in [0.29, 0.717) is 42.7 Å². The van der Waals surface area contributed by atoms with Crippen LogP contribution in [0.2, 0.25) is 0 Å². The largest absolute Gasteiger partial charge is 0.484 e. The Morgan fingerprint density at radius 1 is 1.21 bits per heavy atom. The van der Waals surface area contributed by atoms with E-state index in [-0.39, 0.29) is 24.5 Å². The molecule has 0 bridgehead atoms. The number of para-hydroxylation sites is 1. The standard InChI is InChI=1S/C21H29N5O3/c1-4-26-23-16(3)20(24-26)21(28)25-12-10-17(11-13-25)15(2)22-19(27)14-29-18-8-6-5-7-9-18/h5-9,15,17H,4,10-14H2,1-3H3,(H,22,27)/t15-/m1/s1. The maximum absolute atomic E-state index is 12.7. The van der Waals surface area contributed by atoms with Gasteiger partial charge in [-0.25, -0.2) is 0 Å². The first-order valence-corrected chi connectivity index (χ1v) is 10.2. The van der Waals surface area contributed by atoms with Crippen LogP contribution in [0.15, 0.2) is 30.3 Å². The number of carbonyl (C=O) groups is 2. The second-order valence-electron chi connectivity index (χ2n) is 7.41. The highest BCUT2D eigenvalue weighted by Crippen LogP contribution is 2.22. The Hall–Kier alpha value is -2.90. The zero-order valence-electron chi connectivity index (χ0n) is 17.3. The summed E-state index contributed by atoms with van der Waals surface area (Å²) in [4.78, 5) is 28.3. The predicted molar refractivity (Wildman–Crippen MR) is 109 cm³/mol. The summed E-state index contributed by atoms with van der Waals surface area (Å²) in [5.41, 5.74) is 1.10. The minimum atomic E-state index is -0.133. The van der Waals surface area contributed by atoms with Gasteiger partial charge in [0.15, 0.2) is 12.3 Å². The number of aromatic nitrogens is 3. The molecule has 0 aliphatic carbocycles. The summed E-state index contributed by atoms with van der Waals surface area (Å²) in [7, 11) is 0. The van der Waals surface area contributed by atoms with Crippen LogP contribution < -0.4 is 10.1 Å². The van der Waals surface area contributed by atoms with Crippen LogP contribution in [0.1, 0.15) is 42.9 Å². The Balaban J connectivity index is 1.45. The fourth-order valence-corrected chi connectivity index (χ4v) is 3.60. The Kier molecular flexibility index (Phi) is 6.85. The first-order valence-electron chi connectivity index (χ1n) is 10.2. The number of hydrogen-bond acceptors (Lipinski definition) is 5. The lowest BCUT2D eigenvalue weighted by atomic mass is 9.90. The molecular formula is C21H29N5O3. The molecule has 1 atom stereocenters. The van der Waals surface area contributed by atoms with Crippen LogP contribution in [0.3, 0.4) is 0 Å². The summed E-state index contributed by atoms with van der Waals surface area (Å²) < 4.78 is 5.50. The number of ether oxygens (including phenoxy) is 1. The molecule has 29 heavy (non-hydrogen) atoms. The molecule has 1 N–H and O–H groups in total. The number of benzene rings is 1. The van der Waals surface area contributed by atoms with Gasteiger partial charge in [-0.1, -0.05) is 18.2 Å². The number of likely N-dealkylation sites (tertiary alicyclic amines) is 1. The van der Waals surface area contributed by atoms with Crippen molar-refractivity contribution in [2.45, 2.75) is 46.2 Å². The van der Waals surface area contributed by atoms with Crippen molar-refractivity contribution in [3.63, 3.8) is 0 Å². The molecule has 1 aliphatic rings. The number of amides is 2. The van der Waals surface area contributed by atoms with Gasteiger partial charge < -0.3 is 15.0 Å². The van der Waals surface area contributed by atoms with Gasteiger partial charge in [0.25, 0.3) is 11.8 Å². The molecule has 0 spiro atoms. The third-order valence-corrected chi connectivity index (χ3v) is 5.34. The van der Waals surface area contributed by atoms with Gasteiger partial charge in [0, 0.05) is 19.1 Å². The highest BCUT2D eigenvalue weighted by Gasteiger charge is 2.29. The molecule has 0 saturated carbocycles. The fourth-order valence-electron chi connectivity index (χ4n) is 3.60. The number of aryl methyl sites for hydroxylation is 2. The Labute approximate surface area is 171 Å². The van der Waals surface area contributed by atoms with Crippen molar-refractivity contribution in [1.82, 2.24) is 25.2 Å². The van der Waals surface area contributed by atoms with E-state index in [9.17, 15) is 9.59 Å². The number of piperidine rings is 1. The average molecular weight is 399 g/mol. The van der Waals surface area contributed by atoms with Crippen LogP contribution in [0.4, 0.5) is 0 Å². The van der Waals surface area contributed by atoms with E-state index in [4.69, 9.17) is 4.74 Å². The summed E-state index contributed by atoms with van der Waals surface area (Å²) in [5.74, 6) is 0.810. The van der Waals surface area contributed by atoms with Crippen LogP contribution in [-0.2, 0) is 11.3 Å². The number of nitrogens with zero attached hydrogens (tertiary/aromatic N) is 4. The molecule has 2 amide bonds. The molecule has 0 radical (unpaired) electrons. The van der Waals surface area contributed by atoms with Crippen LogP contribution in [-0.4, -0.2) is 57.4 Å². The first-order chi connectivity index (χ1) is 14.0. The van der Waals surface area contributed by atoms with Crippen molar-refractivity contribution in [2.24, 2.45) is 5.92 Å². The molecule has 156 valence electrons. The van der Waals surface area contributed by atoms with Gasteiger partial charge in [-0.15, -0.1) is 5.10 Å². The van der Waals surface area contributed by atoms with Gasteiger partial charge in [-0.2, -0.15) is 9.90 Å². The van der Waals surface area contributed by atoms with Gasteiger partial charge in [0.1, 0.15) is 5.75 Å². The smallest absolute Gasteiger partial charge is 0.276 e. The lowest BCUT2D eigenvalue weighted by Gasteiger charge is -2.34. The zero-order chi connectivity index (χ0) is 20.8. The SMILES string of the molecule is CCn1nc(C)c(C(=O)N2CCC([C@@H](C)NC(=O)COc3ccccc3)CC2)n1. The predicted octanol–water partition coefficient (Wildman–Crippen LogP) is 2.04. The Bertz CT molecular complexity index is 828. The number of nitrogens with one attached hydrogen (secondary N) is 1. The monoisotopic (exact) mass is 399 g/mol. The number of hydrogen-bond donors (Lipinski definition) is 1. The van der Waals surface area contributed by atoms with Crippen LogP contribution in [0, 0.1) is 12.8 Å². The minimum absolute atomic E-state index is 0.00194. The summed E-state index contributed by atoms with van der Waals surface area (Å²) >= 11 is 0. The van der Waals surface area contributed by atoms with E-state index < -0.39 is 0 Å². The molecule has 1 fully saturated rings. The maximum atomic E-state index is 12.7. The molecule has 1 aliphatic heterocycles. The Morgan fingerprint density at radius 3 is 2.52 bits per heavy atom. The molecular weight excluding hydrogens is 370 g/mol. The van der Waals surface area contributed by atoms with Gasteiger partial charge in [-0.3, -0.25) is 9.59 Å². The molecule has 3 rings (SSSR count). The molecule has 1 saturated heterocycles. The van der Waals surface area contributed by atoms with E-state index in [2.05, 4.69) is 15.5 Å². The van der Waals surface area contributed by atoms with Gasteiger partial charge in [0.2, 0.25) is 0 Å². The quantitative estimate of drug-likeness (QED) is 0.770. The third kappa shape index (κ3) is 5.34. The van der Waals surface area contributed by atoms with Crippen molar-refractivity contribution < 1.29 is 14.3 Å². The van der Waals surface area contributed by atoms with Crippen LogP contribution in [0.5, 0.6) is 5.75 Å². The van der Waals surface area contributed by atoms with E-state index >= 15 is 0 Å². The number of rotatable bonds is 7. The molecule has 1 aromatic heterocycles. The number of carbonyl (C=O) groups excluding carboxylic acids is 2. The molecule has 8 nitrogen and oxygen atoms in total. The topological polar surface area (TPSA) is 89.4 Å². The highest BCUT2D eigenvalue weighted by atomic mass is 16.5. The molecule has 2 aromatic rings. The Morgan fingerprint density at radius 2 is 1.90 bits per heavy atom. The van der Waals surface area contributed by atoms with Crippen molar-refractivity contribution in [3.8, 4) is 5.75 Å². The first kappa shape index (κ1) is 20.8. The van der Waals surface area contributed by atoms with Crippen LogP contribution in [0.25, 0.3) is 0 Å². The lowest BCUT2D eigenvalue weighted by molar-refractivity contribution is -0.124. The minimum Gasteiger partial charge on any atom is -0.484 e. The van der Waals surface area contributed by atoms with Crippen molar-refractivity contribution in [3.05, 3.63) is 41.7 Å². The summed E-state index contributed by atoms with van der Waals surface area (Å²) in [5, 5.41) is 11.6. The lowest BCUT2D eigenvalue weighted by Crippen LogP contribution is -2.46. The van der Waals surface area contributed by atoms with Gasteiger partial charge in [-0.05, 0) is 51.7 Å². The van der Waals surface area contributed by atoms with Gasteiger partial charge in [0.05, 0.1) is 12.2 Å².